The van der Waals surface area contributed by atoms with Gasteiger partial charge in [-0.3, -0.25) is 9.69 Å². The molecule has 4 rings (SSSR count). The summed E-state index contributed by atoms with van der Waals surface area (Å²) in [6.45, 7) is 9.10. The number of hydrogen-bond donors (Lipinski definition) is 2. The summed E-state index contributed by atoms with van der Waals surface area (Å²) in [7, 11) is 0. The van der Waals surface area contributed by atoms with E-state index in [1.54, 1.807) is 0 Å². The Labute approximate surface area is 188 Å². The topological polar surface area (TPSA) is 69.8 Å². The number of pyridine rings is 1. The summed E-state index contributed by atoms with van der Waals surface area (Å²) < 4.78 is 11.2. The number of ether oxygens (including phenoxy) is 2. The first-order chi connectivity index (χ1) is 15.1. The highest BCUT2D eigenvalue weighted by molar-refractivity contribution is 7.80. The van der Waals surface area contributed by atoms with E-state index in [1.807, 2.05) is 18.2 Å². The minimum atomic E-state index is -0.0605. The Bertz CT molecular complexity index is 951. The summed E-state index contributed by atoms with van der Waals surface area (Å²) in [5, 5.41) is 5.09. The van der Waals surface area contributed by atoms with Crippen molar-refractivity contribution in [1.29, 1.82) is 0 Å². The minimum absolute atomic E-state index is 0.0605. The fourth-order valence-electron chi connectivity index (χ4n) is 4.15. The lowest BCUT2D eigenvalue weighted by atomic mass is 10.1. The lowest BCUT2D eigenvalue weighted by Crippen LogP contribution is -2.47. The number of nitrogens with one attached hydrogen (secondary N) is 2. The molecule has 0 amide bonds. The van der Waals surface area contributed by atoms with Crippen molar-refractivity contribution in [3.05, 3.63) is 45.7 Å². The number of benzene rings is 1. The zero-order valence-corrected chi connectivity index (χ0v) is 19.0. The Morgan fingerprint density at radius 2 is 2.13 bits per heavy atom. The van der Waals surface area contributed by atoms with Crippen LogP contribution in [0.25, 0.3) is 10.9 Å². The van der Waals surface area contributed by atoms with Gasteiger partial charge in [0.25, 0.3) is 5.56 Å². The molecule has 8 heteroatoms. The lowest BCUT2D eigenvalue weighted by Gasteiger charge is -2.31. The summed E-state index contributed by atoms with van der Waals surface area (Å²) >= 11 is 5.74. The molecule has 168 valence electrons. The molecular formula is C23H32N4O3S. The van der Waals surface area contributed by atoms with Gasteiger partial charge in [0.15, 0.2) is 5.11 Å². The highest BCUT2D eigenvalue weighted by Gasteiger charge is 2.19. The largest absolute Gasteiger partial charge is 0.379 e. The van der Waals surface area contributed by atoms with Crippen molar-refractivity contribution < 1.29 is 9.47 Å². The van der Waals surface area contributed by atoms with E-state index in [-0.39, 0.29) is 11.7 Å². The summed E-state index contributed by atoms with van der Waals surface area (Å²) in [4.78, 5) is 20.3. The number of H-pyrrole nitrogens is 1. The average Bonchev–Trinajstić information content (AvgIpc) is 3.30. The number of aromatic nitrogens is 1. The molecule has 2 fully saturated rings. The quantitative estimate of drug-likeness (QED) is 0.633. The van der Waals surface area contributed by atoms with Crippen LogP contribution >= 0.6 is 12.2 Å². The first kappa shape index (κ1) is 22.2. The third kappa shape index (κ3) is 6.04. The zero-order chi connectivity index (χ0) is 21.6. The predicted molar refractivity (Wildman–Crippen MR) is 127 cm³/mol. The van der Waals surface area contributed by atoms with Crippen LogP contribution in [0.1, 0.15) is 24.0 Å². The molecule has 7 nitrogen and oxygen atoms in total. The molecule has 0 aliphatic carbocycles. The maximum Gasteiger partial charge on any atom is 0.253 e. The Morgan fingerprint density at radius 1 is 1.29 bits per heavy atom. The Hall–Kier alpha value is -2.00. The van der Waals surface area contributed by atoms with E-state index in [1.165, 1.54) is 5.56 Å². The molecule has 1 aromatic heterocycles. The van der Waals surface area contributed by atoms with E-state index in [4.69, 9.17) is 21.7 Å². The molecule has 31 heavy (non-hydrogen) atoms. The number of fused-ring (bicyclic) bond motifs is 1. The second-order valence-electron chi connectivity index (χ2n) is 8.41. The van der Waals surface area contributed by atoms with Gasteiger partial charge >= 0.3 is 0 Å². The summed E-state index contributed by atoms with van der Waals surface area (Å²) in [6, 6.07) is 8.06. The maximum atomic E-state index is 12.8. The van der Waals surface area contributed by atoms with E-state index in [0.717, 1.165) is 75.3 Å². The monoisotopic (exact) mass is 444 g/mol. The van der Waals surface area contributed by atoms with Gasteiger partial charge in [0.05, 0.1) is 25.9 Å². The van der Waals surface area contributed by atoms with E-state index in [0.29, 0.717) is 18.2 Å². The van der Waals surface area contributed by atoms with Gasteiger partial charge in [-0.15, -0.1) is 0 Å². The Morgan fingerprint density at radius 3 is 2.90 bits per heavy atom. The van der Waals surface area contributed by atoms with Crippen molar-refractivity contribution in [2.24, 2.45) is 0 Å². The standard InChI is InChI=1S/C23H32N4O3S/c1-17-4-5-21-18(13-17)14-19(22(28)25-21)16-27(7-6-26-8-11-29-12-9-26)23(31)24-15-20-3-2-10-30-20/h4-5,13-14,20H,2-3,6-12,15-16H2,1H3,(H,24,31)(H,25,28)/t20-/m0/s1. The number of nitrogens with zero attached hydrogens (tertiary/aromatic N) is 2. The van der Waals surface area contributed by atoms with Crippen molar-refractivity contribution in [1.82, 2.24) is 20.1 Å². The number of hydrogen-bond acceptors (Lipinski definition) is 5. The van der Waals surface area contributed by atoms with Gasteiger partial charge in [-0.25, -0.2) is 0 Å². The highest BCUT2D eigenvalue weighted by atomic mass is 32.1. The van der Waals surface area contributed by atoms with Gasteiger partial charge in [-0.1, -0.05) is 11.6 Å². The van der Waals surface area contributed by atoms with Gasteiger partial charge in [0.1, 0.15) is 0 Å². The molecule has 1 aromatic carbocycles. The second-order valence-corrected chi connectivity index (χ2v) is 8.80. The van der Waals surface area contributed by atoms with Crippen LogP contribution in [-0.2, 0) is 16.0 Å². The predicted octanol–water partition coefficient (Wildman–Crippen LogP) is 2.02. The molecule has 3 heterocycles. The fourth-order valence-corrected chi connectivity index (χ4v) is 4.39. The molecule has 2 N–H and O–H groups in total. The van der Waals surface area contributed by atoms with Crippen molar-refractivity contribution in [3.8, 4) is 0 Å². The van der Waals surface area contributed by atoms with E-state index < -0.39 is 0 Å². The third-order valence-corrected chi connectivity index (χ3v) is 6.42. The van der Waals surface area contributed by atoms with Gasteiger partial charge in [0.2, 0.25) is 0 Å². The molecule has 2 saturated heterocycles. The number of morpholine rings is 1. The van der Waals surface area contributed by atoms with Crippen molar-refractivity contribution in [2.75, 3.05) is 52.5 Å². The van der Waals surface area contributed by atoms with Crippen LogP contribution in [0.2, 0.25) is 0 Å². The van der Waals surface area contributed by atoms with Crippen molar-refractivity contribution in [3.63, 3.8) is 0 Å². The van der Waals surface area contributed by atoms with Crippen LogP contribution in [0.3, 0.4) is 0 Å². The molecule has 0 spiro atoms. The molecule has 0 unspecified atom stereocenters. The van der Waals surface area contributed by atoms with Gasteiger partial charge in [0, 0.05) is 50.4 Å². The smallest absolute Gasteiger partial charge is 0.253 e. The third-order valence-electron chi connectivity index (χ3n) is 6.02. The maximum absolute atomic E-state index is 12.8. The van der Waals surface area contributed by atoms with Crippen LogP contribution < -0.4 is 10.9 Å². The number of aromatic amines is 1. The van der Waals surface area contributed by atoms with Crippen LogP contribution in [0.4, 0.5) is 0 Å². The molecule has 2 aliphatic rings. The SMILES string of the molecule is Cc1ccc2[nH]c(=O)c(CN(CCN3CCOCC3)C(=S)NC[C@@H]3CCCO3)cc2c1. The molecule has 2 aromatic rings. The number of rotatable bonds is 7. The van der Waals surface area contributed by atoms with Crippen LogP contribution in [-0.4, -0.2) is 78.5 Å². The highest BCUT2D eigenvalue weighted by Crippen LogP contribution is 2.15. The Kier molecular flexibility index (Phi) is 7.55. The van der Waals surface area contributed by atoms with Gasteiger partial charge < -0.3 is 24.7 Å². The number of thiocarbonyl (C=S) groups is 1. The van der Waals surface area contributed by atoms with E-state index in [2.05, 4.69) is 33.1 Å². The van der Waals surface area contributed by atoms with E-state index >= 15 is 0 Å². The van der Waals surface area contributed by atoms with E-state index in [9.17, 15) is 4.79 Å². The molecular weight excluding hydrogens is 412 g/mol. The fraction of sp³-hybridized carbons (Fsp3) is 0.565. The number of aryl methyl sites for hydroxylation is 1. The molecule has 0 radical (unpaired) electrons. The molecule has 0 bridgehead atoms. The summed E-state index contributed by atoms with van der Waals surface area (Å²) in [5.74, 6) is 0. The van der Waals surface area contributed by atoms with Gasteiger partial charge in [-0.2, -0.15) is 0 Å². The first-order valence-corrected chi connectivity index (χ1v) is 11.6. The average molecular weight is 445 g/mol. The minimum Gasteiger partial charge on any atom is -0.379 e. The lowest BCUT2D eigenvalue weighted by molar-refractivity contribution is 0.0356. The van der Waals surface area contributed by atoms with Crippen molar-refractivity contribution in [2.45, 2.75) is 32.4 Å². The molecule has 2 aliphatic heterocycles. The molecule has 1 atom stereocenters. The summed E-state index contributed by atoms with van der Waals surface area (Å²) in [6.07, 6.45) is 2.38. The Balaban J connectivity index is 1.48. The van der Waals surface area contributed by atoms with Crippen LogP contribution in [0, 0.1) is 6.92 Å². The van der Waals surface area contributed by atoms with Gasteiger partial charge in [-0.05, 0) is 55.6 Å². The van der Waals surface area contributed by atoms with Crippen LogP contribution in [0.15, 0.2) is 29.1 Å². The van der Waals surface area contributed by atoms with Crippen LogP contribution in [0.5, 0.6) is 0 Å². The first-order valence-electron chi connectivity index (χ1n) is 11.2. The normalized spacial score (nSPS) is 19.6. The van der Waals surface area contributed by atoms with Crippen molar-refractivity contribution >= 4 is 28.2 Å². The molecule has 0 saturated carbocycles. The second kappa shape index (κ2) is 10.5. The summed E-state index contributed by atoms with van der Waals surface area (Å²) in [5.41, 5.74) is 2.69. The zero-order valence-electron chi connectivity index (χ0n) is 18.2.